The number of esters is 1. The van der Waals surface area contributed by atoms with Gasteiger partial charge in [0.25, 0.3) is 0 Å². The number of rotatable bonds is 5. The van der Waals surface area contributed by atoms with Crippen LogP contribution in [0.2, 0.25) is 0 Å². The van der Waals surface area contributed by atoms with Crippen LogP contribution in [0.4, 0.5) is 4.79 Å². The fourth-order valence-corrected chi connectivity index (χ4v) is 1.64. The van der Waals surface area contributed by atoms with E-state index in [0.717, 1.165) is 17.7 Å². The monoisotopic (exact) mass is 258 g/mol. The number of amides is 2. The minimum Gasteiger partial charge on any atom is -0.480 e. The number of carbonyl (C=O) groups is 3. The Balaban J connectivity index is 2.62. The molecule has 7 nitrogen and oxygen atoms in total. The summed E-state index contributed by atoms with van der Waals surface area (Å²) in [4.78, 5) is 35.1. The lowest BCUT2D eigenvalue weighted by Gasteiger charge is -2.28. The van der Waals surface area contributed by atoms with Crippen LogP contribution in [0.25, 0.3) is 0 Å². The van der Waals surface area contributed by atoms with Gasteiger partial charge in [-0.05, 0) is 25.7 Å². The van der Waals surface area contributed by atoms with Crippen molar-refractivity contribution in [3.63, 3.8) is 0 Å². The number of aliphatic carboxylic acids is 1. The summed E-state index contributed by atoms with van der Waals surface area (Å²) < 4.78 is 4.43. The second kappa shape index (κ2) is 5.24. The Morgan fingerprint density at radius 2 is 2.00 bits per heavy atom. The molecule has 0 aromatic heterocycles. The Morgan fingerprint density at radius 3 is 2.39 bits per heavy atom. The van der Waals surface area contributed by atoms with Crippen LogP contribution in [0.15, 0.2) is 0 Å². The van der Waals surface area contributed by atoms with Crippen molar-refractivity contribution in [1.29, 1.82) is 0 Å². The second-order valence-electron chi connectivity index (χ2n) is 4.64. The summed E-state index contributed by atoms with van der Waals surface area (Å²) in [5.74, 6) is -1.67. The van der Waals surface area contributed by atoms with Gasteiger partial charge in [-0.15, -0.1) is 0 Å². The summed E-state index contributed by atoms with van der Waals surface area (Å²) in [6.45, 7) is 1.26. The van der Waals surface area contributed by atoms with Gasteiger partial charge in [0.05, 0.1) is 7.11 Å². The van der Waals surface area contributed by atoms with Gasteiger partial charge >= 0.3 is 18.0 Å². The zero-order valence-corrected chi connectivity index (χ0v) is 10.7. The molecule has 2 N–H and O–H groups in total. The molecule has 0 saturated heterocycles. The highest BCUT2D eigenvalue weighted by atomic mass is 16.5. The SMILES string of the molecule is COC(=O)CN(C)C(=O)NC(C)(C(=O)O)C1CC1. The van der Waals surface area contributed by atoms with Gasteiger partial charge in [0.1, 0.15) is 12.1 Å². The smallest absolute Gasteiger partial charge is 0.329 e. The predicted octanol–water partition coefficient (Wildman–Crippen LogP) is 0.0541. The van der Waals surface area contributed by atoms with E-state index >= 15 is 0 Å². The van der Waals surface area contributed by atoms with Gasteiger partial charge in [-0.2, -0.15) is 0 Å². The molecular formula is C11H18N2O5. The zero-order valence-electron chi connectivity index (χ0n) is 10.7. The maximum absolute atomic E-state index is 11.8. The topological polar surface area (TPSA) is 95.9 Å². The molecule has 1 aliphatic rings. The third-order valence-electron chi connectivity index (χ3n) is 3.15. The third kappa shape index (κ3) is 3.12. The molecule has 2 amide bonds. The molecule has 1 rings (SSSR count). The highest BCUT2D eigenvalue weighted by molar-refractivity contribution is 5.88. The van der Waals surface area contributed by atoms with Crippen LogP contribution in [0.5, 0.6) is 0 Å². The average molecular weight is 258 g/mol. The van der Waals surface area contributed by atoms with Crippen LogP contribution >= 0.6 is 0 Å². The lowest BCUT2D eigenvalue weighted by molar-refractivity contribution is -0.144. The van der Waals surface area contributed by atoms with Gasteiger partial charge < -0.3 is 20.1 Å². The lowest BCUT2D eigenvalue weighted by atomic mass is 9.96. The number of hydrogen-bond acceptors (Lipinski definition) is 4. The molecule has 0 aromatic rings. The molecule has 0 bridgehead atoms. The minimum absolute atomic E-state index is 0.0505. The van der Waals surface area contributed by atoms with Crippen molar-refractivity contribution in [2.75, 3.05) is 20.7 Å². The van der Waals surface area contributed by atoms with E-state index < -0.39 is 23.5 Å². The Kier molecular flexibility index (Phi) is 4.15. The molecule has 18 heavy (non-hydrogen) atoms. The van der Waals surface area contributed by atoms with Gasteiger partial charge in [-0.1, -0.05) is 0 Å². The number of nitrogens with zero attached hydrogens (tertiary/aromatic N) is 1. The van der Waals surface area contributed by atoms with E-state index in [1.54, 1.807) is 0 Å². The zero-order chi connectivity index (χ0) is 13.9. The Hall–Kier alpha value is -1.79. The Bertz CT molecular complexity index is 366. The number of nitrogens with one attached hydrogen (secondary N) is 1. The van der Waals surface area contributed by atoms with Crippen molar-refractivity contribution in [3.05, 3.63) is 0 Å². The summed E-state index contributed by atoms with van der Waals surface area (Å²) in [6.07, 6.45) is 1.56. The van der Waals surface area contributed by atoms with Gasteiger partial charge in [0.2, 0.25) is 0 Å². The van der Waals surface area contributed by atoms with Crippen LogP contribution < -0.4 is 5.32 Å². The van der Waals surface area contributed by atoms with Crippen molar-refractivity contribution >= 4 is 18.0 Å². The van der Waals surface area contributed by atoms with E-state index in [4.69, 9.17) is 0 Å². The van der Waals surface area contributed by atoms with Crippen molar-refractivity contribution in [2.45, 2.75) is 25.3 Å². The molecule has 0 heterocycles. The second-order valence-corrected chi connectivity index (χ2v) is 4.64. The van der Waals surface area contributed by atoms with E-state index in [1.165, 1.54) is 21.1 Å². The number of likely N-dealkylation sites (N-methyl/N-ethyl adjacent to an activating group) is 1. The van der Waals surface area contributed by atoms with E-state index in [1.807, 2.05) is 0 Å². The van der Waals surface area contributed by atoms with Crippen molar-refractivity contribution < 1.29 is 24.2 Å². The first-order valence-corrected chi connectivity index (χ1v) is 5.64. The number of carboxylic acids is 1. The largest absolute Gasteiger partial charge is 0.480 e. The molecule has 102 valence electrons. The van der Waals surface area contributed by atoms with Gasteiger partial charge in [-0.3, -0.25) is 4.79 Å². The van der Waals surface area contributed by atoms with Gasteiger partial charge in [0.15, 0.2) is 0 Å². The van der Waals surface area contributed by atoms with Crippen LogP contribution in [0.1, 0.15) is 19.8 Å². The molecule has 0 radical (unpaired) electrons. The Morgan fingerprint density at radius 1 is 1.44 bits per heavy atom. The number of carboxylic acid groups (broad SMARTS) is 1. The van der Waals surface area contributed by atoms with E-state index in [-0.39, 0.29) is 12.5 Å². The van der Waals surface area contributed by atoms with Crippen LogP contribution in [-0.4, -0.2) is 54.2 Å². The molecule has 1 fully saturated rings. The van der Waals surface area contributed by atoms with Gasteiger partial charge in [0, 0.05) is 7.05 Å². The highest BCUT2D eigenvalue weighted by Crippen LogP contribution is 2.39. The number of hydrogen-bond donors (Lipinski definition) is 2. The molecule has 0 aliphatic heterocycles. The predicted molar refractivity (Wildman–Crippen MR) is 61.9 cm³/mol. The summed E-state index contributed by atoms with van der Waals surface area (Å²) >= 11 is 0. The molecular weight excluding hydrogens is 240 g/mol. The van der Waals surface area contributed by atoms with Crippen molar-refractivity contribution in [1.82, 2.24) is 10.2 Å². The molecule has 0 aromatic carbocycles. The summed E-state index contributed by atoms with van der Waals surface area (Å²) in [7, 11) is 2.63. The first kappa shape index (κ1) is 14.3. The quantitative estimate of drug-likeness (QED) is 0.679. The van der Waals surface area contributed by atoms with Crippen molar-refractivity contribution in [2.24, 2.45) is 5.92 Å². The lowest BCUT2D eigenvalue weighted by Crippen LogP contribution is -2.57. The molecule has 1 unspecified atom stereocenters. The molecule has 0 spiro atoms. The number of ether oxygens (including phenoxy) is 1. The summed E-state index contributed by atoms with van der Waals surface area (Å²) in [5.41, 5.74) is -1.28. The highest BCUT2D eigenvalue weighted by Gasteiger charge is 2.49. The first-order valence-electron chi connectivity index (χ1n) is 5.64. The van der Waals surface area contributed by atoms with Crippen LogP contribution in [0, 0.1) is 5.92 Å². The van der Waals surface area contributed by atoms with E-state index in [9.17, 15) is 19.5 Å². The fraction of sp³-hybridized carbons (Fsp3) is 0.727. The average Bonchev–Trinajstić information content (AvgIpc) is 3.12. The van der Waals surface area contributed by atoms with E-state index in [2.05, 4.69) is 10.1 Å². The maximum Gasteiger partial charge on any atom is 0.329 e. The molecule has 1 aliphatic carbocycles. The number of methoxy groups -OCH3 is 1. The number of carbonyl (C=O) groups excluding carboxylic acids is 2. The Labute approximate surface area is 105 Å². The van der Waals surface area contributed by atoms with Crippen LogP contribution in [-0.2, 0) is 14.3 Å². The first-order chi connectivity index (χ1) is 8.31. The molecule has 1 saturated carbocycles. The van der Waals surface area contributed by atoms with E-state index in [0.29, 0.717) is 0 Å². The maximum atomic E-state index is 11.8. The standard InChI is InChI=1S/C11H18N2O5/c1-11(9(15)16,7-4-5-7)12-10(17)13(2)6-8(14)18-3/h7H,4-6H2,1-3H3,(H,12,17)(H,15,16). The molecule has 7 heteroatoms. The van der Waals surface area contributed by atoms with Gasteiger partial charge in [-0.25, -0.2) is 9.59 Å². The van der Waals surface area contributed by atoms with Crippen LogP contribution in [0.3, 0.4) is 0 Å². The normalized spacial score (nSPS) is 17.5. The summed E-state index contributed by atoms with van der Waals surface area (Å²) in [5, 5.41) is 11.6. The summed E-state index contributed by atoms with van der Waals surface area (Å²) in [6, 6.07) is -0.600. The number of urea groups is 1. The third-order valence-corrected chi connectivity index (χ3v) is 3.15. The molecule has 1 atom stereocenters. The fourth-order valence-electron chi connectivity index (χ4n) is 1.64. The minimum atomic E-state index is -1.28. The van der Waals surface area contributed by atoms with Crippen molar-refractivity contribution in [3.8, 4) is 0 Å².